The minimum atomic E-state index is -3.00. The SMILES string of the molecule is C=C(Cc1ccc(-c2cnc(C)c(C(=C)C)c2)c(F)c1)Nc1cnc(C)c(C(C)(F)F)c1. The van der Waals surface area contributed by atoms with Gasteiger partial charge in [0.2, 0.25) is 0 Å². The molecule has 0 amide bonds. The minimum absolute atomic E-state index is 0.147. The summed E-state index contributed by atoms with van der Waals surface area (Å²) in [7, 11) is 0. The minimum Gasteiger partial charge on any atom is -0.358 e. The van der Waals surface area contributed by atoms with E-state index in [1.165, 1.54) is 18.3 Å². The van der Waals surface area contributed by atoms with Crippen molar-refractivity contribution < 1.29 is 13.2 Å². The molecule has 0 spiro atoms. The number of rotatable bonds is 7. The predicted molar refractivity (Wildman–Crippen MR) is 124 cm³/mol. The van der Waals surface area contributed by atoms with Crippen molar-refractivity contribution in [1.82, 2.24) is 9.97 Å². The number of hydrogen-bond acceptors (Lipinski definition) is 3. The molecule has 32 heavy (non-hydrogen) atoms. The molecule has 0 unspecified atom stereocenters. The molecule has 0 atom stereocenters. The number of pyridine rings is 2. The lowest BCUT2D eigenvalue weighted by molar-refractivity contribution is 0.0165. The second-order valence-corrected chi connectivity index (χ2v) is 8.10. The fraction of sp³-hybridized carbons (Fsp3) is 0.231. The Bertz CT molecular complexity index is 1190. The average molecular weight is 438 g/mol. The zero-order valence-electron chi connectivity index (χ0n) is 18.7. The van der Waals surface area contributed by atoms with E-state index in [-0.39, 0.29) is 17.1 Å². The van der Waals surface area contributed by atoms with E-state index in [0.717, 1.165) is 23.8 Å². The van der Waals surface area contributed by atoms with Crippen LogP contribution < -0.4 is 5.32 Å². The number of nitrogens with one attached hydrogen (secondary N) is 1. The largest absolute Gasteiger partial charge is 0.358 e. The summed E-state index contributed by atoms with van der Waals surface area (Å²) in [5.74, 6) is -3.37. The molecule has 1 aromatic carbocycles. The topological polar surface area (TPSA) is 37.8 Å². The van der Waals surface area contributed by atoms with Crippen molar-refractivity contribution in [3.05, 3.63) is 95.5 Å². The smallest absolute Gasteiger partial charge is 0.272 e. The van der Waals surface area contributed by atoms with E-state index in [1.54, 1.807) is 19.2 Å². The quantitative estimate of drug-likeness (QED) is 0.424. The van der Waals surface area contributed by atoms with Crippen LogP contribution in [0.15, 0.2) is 61.6 Å². The van der Waals surface area contributed by atoms with Gasteiger partial charge in [-0.3, -0.25) is 9.97 Å². The van der Waals surface area contributed by atoms with Crippen molar-refractivity contribution in [2.24, 2.45) is 0 Å². The van der Waals surface area contributed by atoms with Crippen LogP contribution in [-0.4, -0.2) is 9.97 Å². The Kier molecular flexibility index (Phi) is 6.53. The molecule has 0 radical (unpaired) electrons. The molecule has 1 N–H and O–H groups in total. The molecule has 3 rings (SSSR count). The van der Waals surface area contributed by atoms with E-state index < -0.39 is 5.92 Å². The van der Waals surface area contributed by atoms with Gasteiger partial charge in [0.15, 0.2) is 0 Å². The summed E-state index contributed by atoms with van der Waals surface area (Å²) in [6, 6.07) is 8.21. The highest BCUT2D eigenvalue weighted by Crippen LogP contribution is 2.31. The van der Waals surface area contributed by atoms with Gasteiger partial charge in [0.05, 0.1) is 11.9 Å². The van der Waals surface area contributed by atoms with Crippen LogP contribution in [0.5, 0.6) is 0 Å². The van der Waals surface area contributed by atoms with Gasteiger partial charge < -0.3 is 5.32 Å². The summed E-state index contributed by atoms with van der Waals surface area (Å²) in [5, 5.41) is 2.99. The Morgan fingerprint density at radius 2 is 1.72 bits per heavy atom. The lowest BCUT2D eigenvalue weighted by Gasteiger charge is -2.16. The van der Waals surface area contributed by atoms with Gasteiger partial charge in [0.1, 0.15) is 5.82 Å². The summed E-state index contributed by atoms with van der Waals surface area (Å²) < 4.78 is 42.4. The van der Waals surface area contributed by atoms with Gasteiger partial charge in [-0.15, -0.1) is 0 Å². The van der Waals surface area contributed by atoms with E-state index in [0.29, 0.717) is 34.5 Å². The van der Waals surface area contributed by atoms with Crippen LogP contribution >= 0.6 is 0 Å². The van der Waals surface area contributed by atoms with Crippen molar-refractivity contribution in [2.75, 3.05) is 5.32 Å². The average Bonchev–Trinajstić information content (AvgIpc) is 2.69. The number of allylic oxidation sites excluding steroid dienone is 2. The summed E-state index contributed by atoms with van der Waals surface area (Å²) in [5.41, 5.74) is 5.49. The molecule has 0 aliphatic heterocycles. The maximum absolute atomic E-state index is 14.9. The molecule has 0 fully saturated rings. The molecule has 2 aromatic heterocycles. The first-order valence-corrected chi connectivity index (χ1v) is 10.2. The number of aromatic nitrogens is 2. The fourth-order valence-electron chi connectivity index (χ4n) is 3.56. The van der Waals surface area contributed by atoms with E-state index in [2.05, 4.69) is 28.4 Å². The second kappa shape index (κ2) is 8.99. The Hall–Kier alpha value is -3.41. The number of hydrogen-bond donors (Lipinski definition) is 1. The first kappa shape index (κ1) is 23.3. The Balaban J connectivity index is 1.77. The number of halogens is 3. The van der Waals surface area contributed by atoms with Crippen LogP contribution in [0.2, 0.25) is 0 Å². The lowest BCUT2D eigenvalue weighted by Crippen LogP contribution is -2.12. The molecule has 0 bridgehead atoms. The zero-order chi connectivity index (χ0) is 23.6. The molecule has 3 nitrogen and oxygen atoms in total. The standard InChI is InChI=1S/C26H26F3N3/c1-15(2)23-11-20(13-30-17(23)4)22-8-7-19(10-25(22)27)9-16(3)32-21-12-24(26(6,28)29)18(5)31-14-21/h7-8,10-14,32H,1,3,9H2,2,4-6H3. The number of anilines is 1. The van der Waals surface area contributed by atoms with Gasteiger partial charge in [-0.25, -0.2) is 13.2 Å². The molecule has 0 aliphatic rings. The van der Waals surface area contributed by atoms with E-state index in [4.69, 9.17) is 0 Å². The zero-order valence-corrected chi connectivity index (χ0v) is 18.7. The number of benzene rings is 1. The molecule has 3 aromatic rings. The highest BCUT2D eigenvalue weighted by atomic mass is 19.3. The summed E-state index contributed by atoms with van der Waals surface area (Å²) in [4.78, 5) is 8.39. The van der Waals surface area contributed by atoms with Crippen LogP contribution in [-0.2, 0) is 12.3 Å². The molecular formula is C26H26F3N3. The molecule has 166 valence electrons. The van der Waals surface area contributed by atoms with Gasteiger partial charge in [0, 0.05) is 53.3 Å². The number of nitrogens with zero attached hydrogens (tertiary/aromatic N) is 2. The van der Waals surface area contributed by atoms with Crippen molar-refractivity contribution in [3.63, 3.8) is 0 Å². The van der Waals surface area contributed by atoms with Crippen LogP contribution in [0.1, 0.15) is 41.9 Å². The Morgan fingerprint density at radius 3 is 2.34 bits per heavy atom. The monoisotopic (exact) mass is 437 g/mol. The Labute approximate surface area is 186 Å². The fourth-order valence-corrected chi connectivity index (χ4v) is 3.56. The van der Waals surface area contributed by atoms with Gasteiger partial charge in [-0.05, 0) is 55.7 Å². The highest BCUT2D eigenvalue weighted by molar-refractivity contribution is 5.71. The van der Waals surface area contributed by atoms with E-state index in [9.17, 15) is 13.2 Å². The van der Waals surface area contributed by atoms with Gasteiger partial charge in [-0.2, -0.15) is 0 Å². The van der Waals surface area contributed by atoms with Gasteiger partial charge >= 0.3 is 0 Å². The third-order valence-corrected chi connectivity index (χ3v) is 5.19. The lowest BCUT2D eigenvalue weighted by atomic mass is 9.99. The van der Waals surface area contributed by atoms with Gasteiger partial charge in [-0.1, -0.05) is 25.3 Å². The Morgan fingerprint density at radius 1 is 1.03 bits per heavy atom. The molecule has 6 heteroatoms. The first-order chi connectivity index (χ1) is 15.0. The second-order valence-electron chi connectivity index (χ2n) is 8.10. The first-order valence-electron chi connectivity index (χ1n) is 10.2. The van der Waals surface area contributed by atoms with Crippen LogP contribution in [0, 0.1) is 19.7 Å². The summed E-state index contributed by atoms with van der Waals surface area (Å²) in [6.07, 6.45) is 3.45. The van der Waals surface area contributed by atoms with Crippen LogP contribution in [0.4, 0.5) is 18.9 Å². The molecule has 0 saturated carbocycles. The summed E-state index contributed by atoms with van der Waals surface area (Å²) in [6.45, 7) is 14.0. The van der Waals surface area contributed by atoms with Crippen molar-refractivity contribution in [1.29, 1.82) is 0 Å². The van der Waals surface area contributed by atoms with Crippen molar-refractivity contribution in [2.45, 2.75) is 40.0 Å². The van der Waals surface area contributed by atoms with E-state index in [1.807, 2.05) is 26.0 Å². The molecule has 0 aliphatic carbocycles. The molecular weight excluding hydrogens is 411 g/mol. The molecule has 2 heterocycles. The third-order valence-electron chi connectivity index (χ3n) is 5.19. The van der Waals surface area contributed by atoms with Crippen molar-refractivity contribution in [3.8, 4) is 11.1 Å². The molecule has 0 saturated heterocycles. The number of aryl methyl sites for hydroxylation is 2. The summed E-state index contributed by atoms with van der Waals surface area (Å²) >= 11 is 0. The third kappa shape index (κ3) is 5.25. The van der Waals surface area contributed by atoms with Crippen LogP contribution in [0.25, 0.3) is 16.7 Å². The van der Waals surface area contributed by atoms with Crippen LogP contribution in [0.3, 0.4) is 0 Å². The van der Waals surface area contributed by atoms with Gasteiger partial charge in [0.25, 0.3) is 5.92 Å². The highest BCUT2D eigenvalue weighted by Gasteiger charge is 2.27. The van der Waals surface area contributed by atoms with Crippen molar-refractivity contribution >= 4 is 11.3 Å². The normalized spacial score (nSPS) is 11.3. The van der Waals surface area contributed by atoms with E-state index >= 15 is 0 Å². The number of alkyl halides is 2. The maximum Gasteiger partial charge on any atom is 0.272 e. The predicted octanol–water partition coefficient (Wildman–Crippen LogP) is 7.21. The maximum atomic E-state index is 14.9.